The van der Waals surface area contributed by atoms with Crippen LogP contribution in [0, 0.1) is 0 Å². The molecule has 0 amide bonds. The molecular weight excluding hydrogens is 126 g/mol. The predicted molar refractivity (Wildman–Crippen MR) is 31.0 cm³/mol. The Labute approximate surface area is 49.1 Å². The quantitative estimate of drug-likeness (QED) is 0.495. The van der Waals surface area contributed by atoms with Gasteiger partial charge >= 0.3 is 0 Å². The third-order valence-corrected chi connectivity index (χ3v) is 3.29. The minimum absolute atomic E-state index is 0.178. The van der Waals surface area contributed by atoms with Gasteiger partial charge in [0.25, 0.3) is 0 Å². The Morgan fingerprint density at radius 1 is 1.62 bits per heavy atom. The van der Waals surface area contributed by atoms with Crippen LogP contribution >= 0.6 is 0 Å². The Hall–Kier alpha value is -0.0900. The Morgan fingerprint density at radius 2 is 2.25 bits per heavy atom. The number of sulfonamides is 1. The van der Waals surface area contributed by atoms with Crippen molar-refractivity contribution in [2.24, 2.45) is 0 Å². The van der Waals surface area contributed by atoms with Gasteiger partial charge in [0.2, 0.25) is 10.0 Å². The molecule has 4 heteroatoms. The molecule has 1 N–H and O–H groups in total. The second kappa shape index (κ2) is 1.70. The van der Waals surface area contributed by atoms with Crippen LogP contribution in [-0.4, -0.2) is 20.2 Å². The molecule has 0 aromatic carbocycles. The minimum Gasteiger partial charge on any atom is -0.215 e. The molecule has 8 heavy (non-hydrogen) atoms. The van der Waals surface area contributed by atoms with Gasteiger partial charge < -0.3 is 0 Å². The van der Waals surface area contributed by atoms with Gasteiger partial charge in [0.15, 0.2) is 0 Å². The molecule has 3 nitrogen and oxygen atoms in total. The van der Waals surface area contributed by atoms with Crippen molar-refractivity contribution in [3.8, 4) is 0 Å². The molecule has 0 aliphatic carbocycles. The van der Waals surface area contributed by atoms with Crippen LogP contribution < -0.4 is 4.72 Å². The molecule has 0 radical (unpaired) electrons. The molecule has 1 aliphatic rings. The summed E-state index contributed by atoms with van der Waals surface area (Å²) in [4.78, 5) is 0. The van der Waals surface area contributed by atoms with Crippen LogP contribution in [0.3, 0.4) is 0 Å². The van der Waals surface area contributed by atoms with E-state index in [1.807, 2.05) is 0 Å². The Kier molecular flexibility index (Phi) is 1.28. The van der Waals surface area contributed by atoms with Gasteiger partial charge in [-0.15, -0.1) is 0 Å². The van der Waals surface area contributed by atoms with E-state index in [1.165, 1.54) is 0 Å². The van der Waals surface area contributed by atoms with Crippen LogP contribution in [0.2, 0.25) is 0 Å². The summed E-state index contributed by atoms with van der Waals surface area (Å²) in [6.45, 7) is 2.33. The second-order valence-electron chi connectivity index (χ2n) is 2.04. The second-order valence-corrected chi connectivity index (χ2v) is 4.22. The fourth-order valence-electron chi connectivity index (χ4n) is 0.702. The summed E-state index contributed by atoms with van der Waals surface area (Å²) < 4.78 is 23.7. The fraction of sp³-hybridized carbons (Fsp3) is 1.00. The topological polar surface area (TPSA) is 46.2 Å². The van der Waals surface area contributed by atoms with Gasteiger partial charge in [-0.3, -0.25) is 0 Å². The van der Waals surface area contributed by atoms with Gasteiger partial charge in [-0.2, -0.15) is 0 Å². The van der Waals surface area contributed by atoms with Crippen molar-refractivity contribution >= 4 is 10.0 Å². The summed E-state index contributed by atoms with van der Waals surface area (Å²) in [5.74, 6) is 0. The maximum Gasteiger partial charge on any atom is 0.214 e. The predicted octanol–water partition coefficient (Wildman–Crippen LogP) is -0.302. The van der Waals surface area contributed by atoms with Crippen molar-refractivity contribution in [1.29, 1.82) is 0 Å². The van der Waals surface area contributed by atoms with E-state index >= 15 is 0 Å². The molecule has 0 aromatic heterocycles. The van der Waals surface area contributed by atoms with E-state index in [0.717, 1.165) is 6.42 Å². The van der Waals surface area contributed by atoms with E-state index in [-0.39, 0.29) is 5.25 Å². The van der Waals surface area contributed by atoms with Crippen molar-refractivity contribution in [2.75, 3.05) is 6.54 Å². The van der Waals surface area contributed by atoms with Crippen LogP contribution in [0.15, 0.2) is 0 Å². The van der Waals surface area contributed by atoms with E-state index in [4.69, 9.17) is 0 Å². The highest BCUT2D eigenvalue weighted by Crippen LogP contribution is 2.08. The lowest BCUT2D eigenvalue weighted by Crippen LogP contribution is -2.20. The monoisotopic (exact) mass is 135 g/mol. The summed E-state index contributed by atoms with van der Waals surface area (Å²) in [6, 6.07) is 0. The highest BCUT2D eigenvalue weighted by Gasteiger charge is 2.25. The third-order valence-electron chi connectivity index (χ3n) is 1.38. The molecule has 1 fully saturated rings. The molecule has 0 saturated carbocycles. The van der Waals surface area contributed by atoms with E-state index in [2.05, 4.69) is 4.72 Å². The van der Waals surface area contributed by atoms with Crippen molar-refractivity contribution in [3.05, 3.63) is 0 Å². The van der Waals surface area contributed by atoms with Crippen molar-refractivity contribution in [2.45, 2.75) is 18.6 Å². The van der Waals surface area contributed by atoms with E-state index < -0.39 is 10.0 Å². The summed E-state index contributed by atoms with van der Waals surface area (Å²) in [5.41, 5.74) is 0. The minimum atomic E-state index is -2.87. The summed E-state index contributed by atoms with van der Waals surface area (Å²) >= 11 is 0. The Morgan fingerprint density at radius 3 is 2.38 bits per heavy atom. The van der Waals surface area contributed by atoms with Gasteiger partial charge in [0.05, 0.1) is 5.25 Å². The first-order valence-corrected chi connectivity index (χ1v) is 4.16. The molecule has 48 valence electrons. The average molecular weight is 135 g/mol. The summed E-state index contributed by atoms with van der Waals surface area (Å²) in [7, 11) is -2.87. The molecule has 1 atom stereocenters. The molecule has 0 spiro atoms. The smallest absolute Gasteiger partial charge is 0.214 e. The van der Waals surface area contributed by atoms with E-state index in [1.54, 1.807) is 6.92 Å². The highest BCUT2D eigenvalue weighted by atomic mass is 32.2. The van der Waals surface area contributed by atoms with Gasteiger partial charge in [0.1, 0.15) is 0 Å². The Balaban J connectivity index is 2.85. The van der Waals surface area contributed by atoms with Gasteiger partial charge in [-0.05, 0) is 13.3 Å². The third kappa shape index (κ3) is 0.855. The highest BCUT2D eigenvalue weighted by molar-refractivity contribution is 7.90. The average Bonchev–Trinajstić information content (AvgIpc) is 1.86. The maximum atomic E-state index is 10.7. The lowest BCUT2D eigenvalue weighted by molar-refractivity contribution is 0.587. The Bertz CT molecular complexity index is 172. The molecule has 1 rings (SSSR count). The van der Waals surface area contributed by atoms with Crippen molar-refractivity contribution in [1.82, 2.24) is 4.72 Å². The first-order chi connectivity index (χ1) is 3.63. The lowest BCUT2D eigenvalue weighted by atomic mass is 10.3. The molecular formula is C4H9NO2S. The molecule has 0 unspecified atom stereocenters. The van der Waals surface area contributed by atoms with Crippen LogP contribution in [-0.2, 0) is 10.0 Å². The lowest BCUT2D eigenvalue weighted by Gasteiger charge is -1.95. The normalized spacial score (nSPS) is 35.4. The largest absolute Gasteiger partial charge is 0.215 e. The van der Waals surface area contributed by atoms with Crippen molar-refractivity contribution < 1.29 is 8.42 Å². The molecule has 0 bridgehead atoms. The number of hydrogen-bond donors (Lipinski definition) is 1. The molecule has 1 aliphatic heterocycles. The van der Waals surface area contributed by atoms with Crippen LogP contribution in [0.1, 0.15) is 13.3 Å². The number of hydrogen-bond acceptors (Lipinski definition) is 2. The van der Waals surface area contributed by atoms with Crippen LogP contribution in [0.25, 0.3) is 0 Å². The molecule has 1 heterocycles. The SMILES string of the molecule is C[C@@H]1CCNS1(=O)=O. The molecule has 0 aromatic rings. The first kappa shape index (κ1) is 6.04. The number of rotatable bonds is 0. The fourth-order valence-corrected chi connectivity index (χ4v) is 1.82. The van der Waals surface area contributed by atoms with E-state index in [9.17, 15) is 8.42 Å². The summed E-state index contributed by atoms with van der Waals surface area (Å²) in [6.07, 6.45) is 0.752. The standard InChI is InChI=1S/C4H9NO2S/c1-4-2-3-5-8(4,6)7/h4-5H,2-3H2,1H3/t4-/m1/s1. The zero-order valence-electron chi connectivity index (χ0n) is 4.72. The zero-order valence-corrected chi connectivity index (χ0v) is 5.53. The van der Waals surface area contributed by atoms with Gasteiger partial charge in [0, 0.05) is 6.54 Å². The van der Waals surface area contributed by atoms with Gasteiger partial charge in [-0.1, -0.05) is 0 Å². The maximum absolute atomic E-state index is 10.7. The number of nitrogens with one attached hydrogen (secondary N) is 1. The molecule has 1 saturated heterocycles. The van der Waals surface area contributed by atoms with Crippen LogP contribution in [0.5, 0.6) is 0 Å². The van der Waals surface area contributed by atoms with Crippen LogP contribution in [0.4, 0.5) is 0 Å². The first-order valence-electron chi connectivity index (χ1n) is 2.61. The van der Waals surface area contributed by atoms with E-state index in [0.29, 0.717) is 6.54 Å². The zero-order chi connectivity index (χ0) is 6.20. The van der Waals surface area contributed by atoms with Gasteiger partial charge in [-0.25, -0.2) is 13.1 Å². The van der Waals surface area contributed by atoms with Crippen molar-refractivity contribution in [3.63, 3.8) is 0 Å². The summed E-state index contributed by atoms with van der Waals surface area (Å²) in [5, 5.41) is -0.178.